The standard InChI is InChI=1S/C13H15N3O4S/c1-9-11(12(17)16-13(18)15-9)21(19,20)14-8-7-10-5-3-2-4-6-10/h2-6,14H,7-8H2,1H3,(H2,15,16,17,18). The van der Waals surface area contributed by atoms with E-state index in [0.29, 0.717) is 6.42 Å². The molecular weight excluding hydrogens is 294 g/mol. The van der Waals surface area contributed by atoms with Crippen molar-refractivity contribution in [2.75, 3.05) is 6.54 Å². The number of hydrogen-bond donors (Lipinski definition) is 3. The van der Waals surface area contributed by atoms with Gasteiger partial charge in [0.2, 0.25) is 10.0 Å². The van der Waals surface area contributed by atoms with Gasteiger partial charge in [-0.3, -0.25) is 9.78 Å². The van der Waals surface area contributed by atoms with E-state index in [1.165, 1.54) is 6.92 Å². The Morgan fingerprint density at radius 3 is 2.38 bits per heavy atom. The molecule has 0 fully saturated rings. The van der Waals surface area contributed by atoms with Gasteiger partial charge in [-0.15, -0.1) is 0 Å². The maximum Gasteiger partial charge on any atom is 0.325 e. The highest BCUT2D eigenvalue weighted by Gasteiger charge is 2.21. The summed E-state index contributed by atoms with van der Waals surface area (Å²) < 4.78 is 26.6. The zero-order valence-electron chi connectivity index (χ0n) is 11.3. The van der Waals surface area contributed by atoms with Crippen LogP contribution in [0.3, 0.4) is 0 Å². The minimum Gasteiger partial charge on any atom is -0.310 e. The molecule has 21 heavy (non-hydrogen) atoms. The van der Waals surface area contributed by atoms with E-state index >= 15 is 0 Å². The molecular formula is C13H15N3O4S. The Hall–Kier alpha value is -2.19. The van der Waals surface area contributed by atoms with Gasteiger partial charge < -0.3 is 4.98 Å². The summed E-state index contributed by atoms with van der Waals surface area (Å²) >= 11 is 0. The van der Waals surface area contributed by atoms with Gasteiger partial charge in [0, 0.05) is 12.2 Å². The number of benzene rings is 1. The Morgan fingerprint density at radius 2 is 1.76 bits per heavy atom. The zero-order chi connectivity index (χ0) is 15.5. The lowest BCUT2D eigenvalue weighted by Crippen LogP contribution is -2.35. The molecule has 0 radical (unpaired) electrons. The lowest BCUT2D eigenvalue weighted by atomic mass is 10.2. The maximum absolute atomic E-state index is 12.1. The third-order valence-corrected chi connectivity index (χ3v) is 4.51. The van der Waals surface area contributed by atoms with Crippen LogP contribution in [0.25, 0.3) is 0 Å². The van der Waals surface area contributed by atoms with Crippen LogP contribution in [0.4, 0.5) is 0 Å². The number of aromatic amines is 2. The molecule has 7 nitrogen and oxygen atoms in total. The summed E-state index contributed by atoms with van der Waals surface area (Å²) in [4.78, 5) is 26.4. The normalized spacial score (nSPS) is 11.5. The number of hydrogen-bond acceptors (Lipinski definition) is 4. The molecule has 0 saturated carbocycles. The summed E-state index contributed by atoms with van der Waals surface area (Å²) in [5.41, 5.74) is -0.674. The van der Waals surface area contributed by atoms with Crippen LogP contribution >= 0.6 is 0 Å². The lowest BCUT2D eigenvalue weighted by molar-refractivity contribution is 0.578. The first kappa shape index (κ1) is 15.2. The van der Waals surface area contributed by atoms with Crippen molar-refractivity contribution in [3.63, 3.8) is 0 Å². The highest BCUT2D eigenvalue weighted by molar-refractivity contribution is 7.89. The van der Waals surface area contributed by atoms with Gasteiger partial charge in [-0.1, -0.05) is 30.3 Å². The van der Waals surface area contributed by atoms with Crippen LogP contribution < -0.4 is 16.0 Å². The van der Waals surface area contributed by atoms with E-state index in [-0.39, 0.29) is 12.2 Å². The Labute approximate surface area is 121 Å². The lowest BCUT2D eigenvalue weighted by Gasteiger charge is -2.08. The van der Waals surface area contributed by atoms with E-state index in [9.17, 15) is 18.0 Å². The third kappa shape index (κ3) is 3.67. The molecule has 2 aromatic rings. The summed E-state index contributed by atoms with van der Waals surface area (Å²) in [6.45, 7) is 1.52. The van der Waals surface area contributed by atoms with E-state index < -0.39 is 26.2 Å². The van der Waals surface area contributed by atoms with E-state index in [2.05, 4.69) is 9.71 Å². The third-order valence-electron chi connectivity index (χ3n) is 2.89. The smallest absolute Gasteiger partial charge is 0.310 e. The average molecular weight is 309 g/mol. The second-order valence-electron chi connectivity index (χ2n) is 4.50. The molecule has 0 aliphatic carbocycles. The predicted molar refractivity (Wildman–Crippen MR) is 77.8 cm³/mol. The van der Waals surface area contributed by atoms with Crippen molar-refractivity contribution in [1.82, 2.24) is 14.7 Å². The molecule has 0 aliphatic rings. The van der Waals surface area contributed by atoms with Crippen LogP contribution in [0.15, 0.2) is 44.8 Å². The molecule has 1 heterocycles. The van der Waals surface area contributed by atoms with Crippen LogP contribution in [-0.4, -0.2) is 24.9 Å². The van der Waals surface area contributed by atoms with Crippen molar-refractivity contribution in [3.05, 3.63) is 62.4 Å². The molecule has 0 saturated heterocycles. The maximum atomic E-state index is 12.1. The predicted octanol–water partition coefficient (Wildman–Crippen LogP) is -0.107. The monoisotopic (exact) mass is 309 g/mol. The number of H-pyrrole nitrogens is 2. The average Bonchev–Trinajstić information content (AvgIpc) is 2.38. The number of aryl methyl sites for hydroxylation is 1. The largest absolute Gasteiger partial charge is 0.325 e. The fraction of sp³-hybridized carbons (Fsp3) is 0.231. The molecule has 1 aromatic carbocycles. The Morgan fingerprint density at radius 1 is 1.10 bits per heavy atom. The first-order valence-electron chi connectivity index (χ1n) is 6.27. The van der Waals surface area contributed by atoms with Gasteiger partial charge in [0.15, 0.2) is 4.90 Å². The zero-order valence-corrected chi connectivity index (χ0v) is 12.2. The van der Waals surface area contributed by atoms with Crippen molar-refractivity contribution < 1.29 is 8.42 Å². The van der Waals surface area contributed by atoms with Gasteiger partial charge in [0.1, 0.15) is 0 Å². The number of nitrogens with one attached hydrogen (secondary N) is 3. The van der Waals surface area contributed by atoms with Crippen LogP contribution in [0.5, 0.6) is 0 Å². The summed E-state index contributed by atoms with van der Waals surface area (Å²) in [6, 6.07) is 9.36. The van der Waals surface area contributed by atoms with Crippen molar-refractivity contribution in [2.24, 2.45) is 0 Å². The minimum absolute atomic E-state index is 0.0101. The SMILES string of the molecule is Cc1[nH]c(=O)[nH]c(=O)c1S(=O)(=O)NCCc1ccccc1. The molecule has 3 N–H and O–H groups in total. The van der Waals surface area contributed by atoms with E-state index in [1.807, 2.05) is 35.3 Å². The summed E-state index contributed by atoms with van der Waals surface area (Å²) in [5.74, 6) is 0. The van der Waals surface area contributed by atoms with E-state index in [0.717, 1.165) is 5.56 Å². The van der Waals surface area contributed by atoms with Crippen LogP contribution in [0, 0.1) is 6.92 Å². The van der Waals surface area contributed by atoms with Crippen molar-refractivity contribution >= 4 is 10.0 Å². The fourth-order valence-electron chi connectivity index (χ4n) is 1.96. The molecule has 0 bridgehead atoms. The number of sulfonamides is 1. The van der Waals surface area contributed by atoms with Crippen molar-refractivity contribution in [3.8, 4) is 0 Å². The molecule has 2 rings (SSSR count). The summed E-state index contributed by atoms with van der Waals surface area (Å²) in [7, 11) is -3.97. The van der Waals surface area contributed by atoms with Gasteiger partial charge in [0.25, 0.3) is 5.56 Å². The Balaban J connectivity index is 2.16. The summed E-state index contributed by atoms with van der Waals surface area (Å²) in [6.07, 6.45) is 0.500. The first-order chi connectivity index (χ1) is 9.90. The van der Waals surface area contributed by atoms with Gasteiger partial charge in [0.05, 0.1) is 0 Å². The molecule has 0 atom stereocenters. The molecule has 0 unspecified atom stereocenters. The highest BCUT2D eigenvalue weighted by Crippen LogP contribution is 2.05. The van der Waals surface area contributed by atoms with Crippen LogP contribution in [0.1, 0.15) is 11.3 Å². The fourth-order valence-corrected chi connectivity index (χ4v) is 3.22. The van der Waals surface area contributed by atoms with Gasteiger partial charge in [-0.2, -0.15) is 0 Å². The minimum atomic E-state index is -3.97. The molecule has 8 heteroatoms. The first-order valence-corrected chi connectivity index (χ1v) is 7.75. The Kier molecular flexibility index (Phi) is 4.39. The second-order valence-corrected chi connectivity index (χ2v) is 6.20. The molecule has 1 aromatic heterocycles. The van der Waals surface area contributed by atoms with Gasteiger partial charge >= 0.3 is 5.69 Å². The second kappa shape index (κ2) is 6.06. The molecule has 0 spiro atoms. The molecule has 0 aliphatic heterocycles. The highest BCUT2D eigenvalue weighted by atomic mass is 32.2. The topological polar surface area (TPSA) is 112 Å². The van der Waals surface area contributed by atoms with E-state index in [4.69, 9.17) is 0 Å². The van der Waals surface area contributed by atoms with E-state index in [1.54, 1.807) is 0 Å². The number of aromatic nitrogens is 2. The Bertz CT molecular complexity index is 838. The quantitative estimate of drug-likeness (QED) is 0.715. The molecule has 0 amide bonds. The van der Waals surface area contributed by atoms with Gasteiger partial charge in [-0.05, 0) is 18.9 Å². The molecule has 112 valence electrons. The summed E-state index contributed by atoms with van der Waals surface area (Å²) in [5, 5.41) is 0. The number of rotatable bonds is 5. The van der Waals surface area contributed by atoms with Crippen LogP contribution in [-0.2, 0) is 16.4 Å². The van der Waals surface area contributed by atoms with Gasteiger partial charge in [-0.25, -0.2) is 17.9 Å². The van der Waals surface area contributed by atoms with Crippen molar-refractivity contribution in [2.45, 2.75) is 18.2 Å². The van der Waals surface area contributed by atoms with Crippen LogP contribution in [0.2, 0.25) is 0 Å². The van der Waals surface area contributed by atoms with Crippen molar-refractivity contribution in [1.29, 1.82) is 0 Å².